The molecule has 0 radical (unpaired) electrons. The van der Waals surface area contributed by atoms with Crippen LogP contribution in [0, 0.1) is 5.41 Å². The molecule has 0 aromatic carbocycles. The zero-order valence-electron chi connectivity index (χ0n) is 10.2. The van der Waals surface area contributed by atoms with E-state index in [0.717, 1.165) is 38.6 Å². The van der Waals surface area contributed by atoms with Crippen LogP contribution in [0.3, 0.4) is 0 Å². The van der Waals surface area contributed by atoms with Gasteiger partial charge in [0, 0.05) is 12.4 Å². The third-order valence-electron chi connectivity index (χ3n) is 2.74. The Morgan fingerprint density at radius 3 is 2.33 bits per heavy atom. The summed E-state index contributed by atoms with van der Waals surface area (Å²) in [5.74, 6) is 0.518. The van der Waals surface area contributed by atoms with Gasteiger partial charge in [-0.3, -0.25) is 4.79 Å². The molecule has 2 nitrogen and oxygen atoms in total. The van der Waals surface area contributed by atoms with Crippen molar-refractivity contribution in [2.24, 2.45) is 5.41 Å². The highest BCUT2D eigenvalue weighted by molar-refractivity contribution is 6.19. The van der Waals surface area contributed by atoms with Gasteiger partial charge in [-0.2, -0.15) is 0 Å². The normalized spacial score (nSPS) is 14.7. The van der Waals surface area contributed by atoms with E-state index in [1.54, 1.807) is 0 Å². The molecule has 0 saturated carbocycles. The molecule has 1 amide bonds. The van der Waals surface area contributed by atoms with E-state index < -0.39 is 0 Å². The molecular formula is C12H24ClNO. The maximum absolute atomic E-state index is 11.9. The second-order valence-corrected chi connectivity index (χ2v) is 4.67. The number of carbonyl (C=O) groups excluding carboxylic acids is 1. The maximum Gasteiger partial charge on any atom is 0.227 e. The molecule has 0 aliphatic rings. The van der Waals surface area contributed by atoms with E-state index in [-0.39, 0.29) is 11.3 Å². The number of halogens is 1. The topological polar surface area (TPSA) is 29.1 Å². The van der Waals surface area contributed by atoms with E-state index in [1.165, 1.54) is 0 Å². The predicted molar refractivity (Wildman–Crippen MR) is 66.3 cm³/mol. The van der Waals surface area contributed by atoms with Gasteiger partial charge in [-0.05, 0) is 19.8 Å². The van der Waals surface area contributed by atoms with Gasteiger partial charge in [0.25, 0.3) is 0 Å². The van der Waals surface area contributed by atoms with Gasteiger partial charge in [0.15, 0.2) is 0 Å². The monoisotopic (exact) mass is 233 g/mol. The highest BCUT2D eigenvalue weighted by Crippen LogP contribution is 2.26. The van der Waals surface area contributed by atoms with Gasteiger partial charge >= 0.3 is 0 Å². The quantitative estimate of drug-likeness (QED) is 0.506. The van der Waals surface area contributed by atoms with Gasteiger partial charge in [0.05, 0.1) is 5.41 Å². The summed E-state index contributed by atoms with van der Waals surface area (Å²) >= 11 is 5.89. The summed E-state index contributed by atoms with van der Waals surface area (Å²) in [5.41, 5.74) is -0.384. The van der Waals surface area contributed by atoms with Gasteiger partial charge in [-0.1, -0.05) is 33.1 Å². The molecule has 0 heterocycles. The second kappa shape index (κ2) is 7.98. The van der Waals surface area contributed by atoms with Gasteiger partial charge in [-0.25, -0.2) is 0 Å². The summed E-state index contributed by atoms with van der Waals surface area (Å²) in [4.78, 5) is 11.9. The average molecular weight is 234 g/mol. The minimum absolute atomic E-state index is 0.111. The van der Waals surface area contributed by atoms with E-state index >= 15 is 0 Å². The third-order valence-corrected chi connectivity index (χ3v) is 3.33. The van der Waals surface area contributed by atoms with Gasteiger partial charge in [-0.15, -0.1) is 11.6 Å². The van der Waals surface area contributed by atoms with Crippen molar-refractivity contribution >= 4 is 17.5 Å². The summed E-state index contributed by atoms with van der Waals surface area (Å²) in [6, 6.07) is 0. The van der Waals surface area contributed by atoms with E-state index in [1.807, 2.05) is 6.92 Å². The van der Waals surface area contributed by atoms with Crippen LogP contribution >= 0.6 is 11.6 Å². The first kappa shape index (κ1) is 14.8. The van der Waals surface area contributed by atoms with Crippen LogP contribution in [0.25, 0.3) is 0 Å². The Morgan fingerprint density at radius 1 is 1.27 bits per heavy atom. The lowest BCUT2D eigenvalue weighted by atomic mass is 9.86. The van der Waals surface area contributed by atoms with Crippen molar-refractivity contribution < 1.29 is 4.79 Å². The Balaban J connectivity index is 4.06. The van der Waals surface area contributed by atoms with E-state index in [4.69, 9.17) is 11.6 Å². The molecule has 0 bridgehead atoms. The number of alkyl halides is 1. The highest BCUT2D eigenvalue weighted by Gasteiger charge is 2.31. The number of carbonyl (C=O) groups is 1. The fourth-order valence-corrected chi connectivity index (χ4v) is 1.66. The van der Waals surface area contributed by atoms with Crippen molar-refractivity contribution in [3.63, 3.8) is 0 Å². The summed E-state index contributed by atoms with van der Waals surface area (Å²) in [7, 11) is 0. The Bertz CT molecular complexity index is 184. The second-order valence-electron chi connectivity index (χ2n) is 4.41. The first-order valence-corrected chi connectivity index (χ1v) is 6.48. The lowest BCUT2D eigenvalue weighted by Gasteiger charge is -2.25. The maximum atomic E-state index is 11.9. The zero-order chi connectivity index (χ0) is 11.7. The van der Waals surface area contributed by atoms with Crippen molar-refractivity contribution in [2.75, 3.05) is 12.4 Å². The number of amides is 1. The van der Waals surface area contributed by atoms with Crippen molar-refractivity contribution in [3.05, 3.63) is 0 Å². The molecular weight excluding hydrogens is 210 g/mol. The SMILES string of the molecule is CCCCNC(=O)C(C)(CCl)CCCC. The number of hydrogen-bond acceptors (Lipinski definition) is 1. The Morgan fingerprint density at radius 2 is 1.87 bits per heavy atom. The summed E-state index contributed by atoms with van der Waals surface area (Å²) in [6.07, 6.45) is 5.19. The van der Waals surface area contributed by atoms with Crippen molar-refractivity contribution in [1.29, 1.82) is 0 Å². The lowest BCUT2D eigenvalue weighted by Crippen LogP contribution is -2.40. The van der Waals surface area contributed by atoms with Crippen LogP contribution in [0.1, 0.15) is 52.9 Å². The van der Waals surface area contributed by atoms with Crippen molar-refractivity contribution in [2.45, 2.75) is 52.9 Å². The Labute approximate surface area is 98.8 Å². The smallest absolute Gasteiger partial charge is 0.227 e. The fourth-order valence-electron chi connectivity index (χ4n) is 1.40. The van der Waals surface area contributed by atoms with Crippen LogP contribution in [-0.4, -0.2) is 18.3 Å². The van der Waals surface area contributed by atoms with Crippen molar-refractivity contribution in [1.82, 2.24) is 5.32 Å². The van der Waals surface area contributed by atoms with Crippen molar-refractivity contribution in [3.8, 4) is 0 Å². The molecule has 1 atom stereocenters. The van der Waals surface area contributed by atoms with Gasteiger partial charge < -0.3 is 5.32 Å². The molecule has 3 heteroatoms. The molecule has 1 unspecified atom stereocenters. The fraction of sp³-hybridized carbons (Fsp3) is 0.917. The van der Waals surface area contributed by atoms with E-state index in [0.29, 0.717) is 5.88 Å². The van der Waals surface area contributed by atoms with Gasteiger partial charge in [0.1, 0.15) is 0 Å². The summed E-state index contributed by atoms with van der Waals surface area (Å²) in [5, 5.41) is 2.96. The van der Waals surface area contributed by atoms with Crippen LogP contribution in [0.4, 0.5) is 0 Å². The first-order valence-electron chi connectivity index (χ1n) is 5.95. The van der Waals surface area contributed by atoms with Crippen LogP contribution in [-0.2, 0) is 4.79 Å². The van der Waals surface area contributed by atoms with Crippen LogP contribution in [0.5, 0.6) is 0 Å². The highest BCUT2D eigenvalue weighted by atomic mass is 35.5. The standard InChI is InChI=1S/C12H24ClNO/c1-4-6-8-12(3,10-13)11(15)14-9-7-5-2/h4-10H2,1-3H3,(H,14,15). The zero-order valence-corrected chi connectivity index (χ0v) is 11.0. The minimum atomic E-state index is -0.384. The molecule has 0 spiro atoms. The molecule has 0 fully saturated rings. The molecule has 15 heavy (non-hydrogen) atoms. The van der Waals surface area contributed by atoms with Crippen LogP contribution < -0.4 is 5.32 Å². The van der Waals surface area contributed by atoms with E-state index in [9.17, 15) is 4.79 Å². The molecule has 1 N–H and O–H groups in total. The molecule has 0 aromatic rings. The van der Waals surface area contributed by atoms with Gasteiger partial charge in [0.2, 0.25) is 5.91 Å². The Kier molecular flexibility index (Phi) is 7.85. The summed E-state index contributed by atoms with van der Waals surface area (Å²) < 4.78 is 0. The predicted octanol–water partition coefficient (Wildman–Crippen LogP) is 3.34. The molecule has 0 aliphatic carbocycles. The molecule has 90 valence electrons. The van der Waals surface area contributed by atoms with E-state index in [2.05, 4.69) is 19.2 Å². The number of unbranched alkanes of at least 4 members (excludes halogenated alkanes) is 2. The molecule has 0 saturated heterocycles. The number of hydrogen-bond donors (Lipinski definition) is 1. The first-order chi connectivity index (χ1) is 7.10. The lowest BCUT2D eigenvalue weighted by molar-refractivity contribution is -0.129. The number of rotatable bonds is 8. The molecule has 0 rings (SSSR count). The number of nitrogens with one attached hydrogen (secondary N) is 1. The largest absolute Gasteiger partial charge is 0.356 e. The van der Waals surface area contributed by atoms with Crippen LogP contribution in [0.2, 0.25) is 0 Å². The minimum Gasteiger partial charge on any atom is -0.356 e. The molecule has 0 aliphatic heterocycles. The third kappa shape index (κ3) is 5.41. The average Bonchev–Trinajstić information content (AvgIpc) is 2.26. The van der Waals surface area contributed by atoms with Crippen LogP contribution in [0.15, 0.2) is 0 Å². The summed E-state index contributed by atoms with van der Waals surface area (Å²) in [6.45, 7) is 6.97. The Hall–Kier alpha value is -0.240. The molecule has 0 aromatic heterocycles.